The molecule has 0 bridgehead atoms. The maximum absolute atomic E-state index is 4.45. The summed E-state index contributed by atoms with van der Waals surface area (Å²) < 4.78 is 0. The van der Waals surface area contributed by atoms with Crippen molar-refractivity contribution in [1.82, 2.24) is 0 Å². The SMILES string of the molecule is CCCCCC[N-]CC[N-]CC[N-]CC[N-]C.[Ag].[CH3-]. The Morgan fingerprint density at radius 2 is 1.11 bits per heavy atom. The minimum Gasteiger partial charge on any atom is -0.666 e. The topological polar surface area (TPSA) is 56.4 Å². The van der Waals surface area contributed by atoms with Gasteiger partial charge in [0.15, 0.2) is 0 Å². The summed E-state index contributed by atoms with van der Waals surface area (Å²) in [5.41, 5.74) is 0. The first-order valence-electron chi connectivity index (χ1n) is 6.87. The normalized spacial score (nSPS) is 9.79. The Bertz CT molecular complexity index is 123. The van der Waals surface area contributed by atoms with Crippen LogP contribution in [0.15, 0.2) is 0 Å². The van der Waals surface area contributed by atoms with Gasteiger partial charge in [-0.2, -0.15) is 46.3 Å². The van der Waals surface area contributed by atoms with Crippen LogP contribution in [0.4, 0.5) is 0 Å². The third-order valence-corrected chi connectivity index (χ3v) is 2.48. The third kappa shape index (κ3) is 24.0. The van der Waals surface area contributed by atoms with Crippen LogP contribution in [0.3, 0.4) is 0 Å². The fourth-order valence-electron chi connectivity index (χ4n) is 1.44. The Morgan fingerprint density at radius 1 is 0.632 bits per heavy atom. The first-order chi connectivity index (χ1) is 8.41. The summed E-state index contributed by atoms with van der Waals surface area (Å²) in [5, 5.41) is 17.1. The molecule has 0 saturated heterocycles. The van der Waals surface area contributed by atoms with Gasteiger partial charge in [0.1, 0.15) is 0 Å². The molecule has 123 valence electrons. The third-order valence-electron chi connectivity index (χ3n) is 2.48. The molecule has 19 heavy (non-hydrogen) atoms. The molecule has 0 atom stereocenters. The predicted octanol–water partition coefficient (Wildman–Crippen LogP) is 4.14. The van der Waals surface area contributed by atoms with Gasteiger partial charge in [-0.3, -0.25) is 0 Å². The van der Waals surface area contributed by atoms with Crippen LogP contribution in [-0.2, 0) is 22.4 Å². The van der Waals surface area contributed by atoms with Crippen LogP contribution in [0.25, 0.3) is 21.3 Å². The maximum Gasteiger partial charge on any atom is 0 e. The molecule has 0 saturated carbocycles. The minimum atomic E-state index is 0. The molecule has 0 N–H and O–H groups in total. The van der Waals surface area contributed by atoms with Crippen molar-refractivity contribution in [3.63, 3.8) is 0 Å². The van der Waals surface area contributed by atoms with Crippen molar-refractivity contribution < 1.29 is 22.4 Å². The summed E-state index contributed by atoms with van der Waals surface area (Å²) >= 11 is 0. The van der Waals surface area contributed by atoms with Crippen molar-refractivity contribution in [2.24, 2.45) is 0 Å². The molecule has 0 aliphatic rings. The van der Waals surface area contributed by atoms with E-state index in [1.165, 1.54) is 25.7 Å². The zero-order valence-electron chi connectivity index (χ0n) is 12.9. The van der Waals surface area contributed by atoms with E-state index in [2.05, 4.69) is 28.2 Å². The van der Waals surface area contributed by atoms with Crippen LogP contribution < -0.4 is 0 Å². The molecule has 5 heteroatoms. The fourth-order valence-corrected chi connectivity index (χ4v) is 1.44. The van der Waals surface area contributed by atoms with E-state index < -0.39 is 0 Å². The van der Waals surface area contributed by atoms with Gasteiger partial charge in [-0.05, 0) is 0 Å². The molecule has 0 aromatic heterocycles. The van der Waals surface area contributed by atoms with Crippen LogP contribution in [0.1, 0.15) is 32.6 Å². The summed E-state index contributed by atoms with van der Waals surface area (Å²) in [6, 6.07) is 0. The molecule has 4 nitrogen and oxygen atoms in total. The molecule has 1 radical (unpaired) electrons. The van der Waals surface area contributed by atoms with E-state index in [-0.39, 0.29) is 29.8 Å². The van der Waals surface area contributed by atoms with Gasteiger partial charge in [0.25, 0.3) is 0 Å². The van der Waals surface area contributed by atoms with E-state index in [9.17, 15) is 0 Å². The summed E-state index contributed by atoms with van der Waals surface area (Å²) in [7, 11) is 1.82. The van der Waals surface area contributed by atoms with E-state index in [4.69, 9.17) is 0 Å². The van der Waals surface area contributed by atoms with Crippen LogP contribution in [0.2, 0.25) is 0 Å². The van der Waals surface area contributed by atoms with E-state index >= 15 is 0 Å². The van der Waals surface area contributed by atoms with E-state index in [0.29, 0.717) is 0 Å². The second kappa shape index (κ2) is 23.7. The monoisotopic (exact) mass is 362 g/mol. The maximum atomic E-state index is 4.45. The predicted molar refractivity (Wildman–Crippen MR) is 84.0 cm³/mol. The number of rotatable bonds is 14. The first kappa shape index (κ1) is 24.6. The molecule has 0 amide bonds. The van der Waals surface area contributed by atoms with E-state index in [1.54, 1.807) is 0 Å². The smallest absolute Gasteiger partial charge is 0 e. The van der Waals surface area contributed by atoms with Gasteiger partial charge in [-0.25, -0.2) is 0 Å². The average molecular weight is 363 g/mol. The second-order valence-electron chi connectivity index (χ2n) is 4.11. The summed E-state index contributed by atoms with van der Waals surface area (Å²) in [6.07, 6.45) is 5.19. The summed E-state index contributed by atoms with van der Waals surface area (Å²) in [4.78, 5) is 0. The van der Waals surface area contributed by atoms with E-state index in [0.717, 1.165) is 45.8 Å². The zero-order chi connectivity index (χ0) is 12.6. The Balaban J connectivity index is -0.00000128. The molecule has 0 rings (SSSR count). The number of likely N-dealkylation sites (N-methyl/N-ethyl adjacent to an activating group) is 1. The van der Waals surface area contributed by atoms with Crippen LogP contribution in [0.5, 0.6) is 0 Å². The molecule has 0 aliphatic carbocycles. The van der Waals surface area contributed by atoms with Gasteiger partial charge < -0.3 is 28.7 Å². The van der Waals surface area contributed by atoms with Crippen LogP contribution in [0, 0.1) is 7.43 Å². The number of hydrogen-bond acceptors (Lipinski definition) is 0. The molecule has 0 spiro atoms. The van der Waals surface area contributed by atoms with E-state index in [1.807, 2.05) is 7.05 Å². The summed E-state index contributed by atoms with van der Waals surface area (Å²) in [5.74, 6) is 0. The standard InChI is InChI=1S/C13H28N4.CH3.Ag/c1-3-4-5-6-7-15-10-11-17-13-12-16-9-8-14-2;;/h3-13H2,1-2H3;1H3;/q-4;-1;. The van der Waals surface area contributed by atoms with Crippen molar-refractivity contribution in [1.29, 1.82) is 0 Å². The molecule has 0 aliphatic heterocycles. The second-order valence-corrected chi connectivity index (χ2v) is 4.11. The fraction of sp³-hybridized carbons (Fsp3) is 0.929. The number of hydrogen-bond donors (Lipinski definition) is 0. The quantitative estimate of drug-likeness (QED) is 0.253. The first-order valence-corrected chi connectivity index (χ1v) is 6.87. The molecule has 0 fully saturated rings. The Labute approximate surface area is 136 Å². The van der Waals surface area contributed by atoms with Crippen molar-refractivity contribution in [3.05, 3.63) is 28.7 Å². The van der Waals surface area contributed by atoms with Gasteiger partial charge in [0, 0.05) is 22.4 Å². The Kier molecular flexibility index (Phi) is 30.6. The van der Waals surface area contributed by atoms with Crippen LogP contribution >= 0.6 is 0 Å². The minimum absolute atomic E-state index is 0. The van der Waals surface area contributed by atoms with Crippen molar-refractivity contribution in [2.45, 2.75) is 32.6 Å². The molecular formula is C14H31AgN4-5. The molecule has 0 aromatic rings. The largest absolute Gasteiger partial charge is 0.666 e. The van der Waals surface area contributed by atoms with Gasteiger partial charge in [0.2, 0.25) is 0 Å². The van der Waals surface area contributed by atoms with Gasteiger partial charge in [-0.1, -0.05) is 32.6 Å². The van der Waals surface area contributed by atoms with Crippen molar-refractivity contribution >= 4 is 0 Å². The van der Waals surface area contributed by atoms with Crippen LogP contribution in [-0.4, -0.2) is 52.9 Å². The molecular weight excluding hydrogens is 332 g/mol. The zero-order valence-corrected chi connectivity index (χ0v) is 14.4. The Morgan fingerprint density at radius 3 is 1.58 bits per heavy atom. The summed E-state index contributed by atoms with van der Waals surface area (Å²) in [6.45, 7) is 8.35. The molecule has 0 heterocycles. The Hall–Kier alpha value is 0.580. The van der Waals surface area contributed by atoms with Gasteiger partial charge >= 0.3 is 0 Å². The van der Waals surface area contributed by atoms with Crippen molar-refractivity contribution in [2.75, 3.05) is 52.9 Å². The number of unbranched alkanes of at least 4 members (excludes halogenated alkanes) is 3. The molecule has 0 unspecified atom stereocenters. The van der Waals surface area contributed by atoms with Crippen molar-refractivity contribution in [3.8, 4) is 0 Å². The van der Waals surface area contributed by atoms with Gasteiger partial charge in [0.05, 0.1) is 0 Å². The number of nitrogens with zero attached hydrogens (tertiary/aromatic N) is 4. The molecule has 0 aromatic carbocycles. The van der Waals surface area contributed by atoms with Gasteiger partial charge in [-0.15, -0.1) is 6.54 Å². The average Bonchev–Trinajstić information content (AvgIpc) is 2.35.